The van der Waals surface area contributed by atoms with Gasteiger partial charge in [-0.1, -0.05) is 19.1 Å². The number of sulfonamides is 1. The molecule has 26 heavy (non-hydrogen) atoms. The van der Waals surface area contributed by atoms with E-state index in [4.69, 9.17) is 0 Å². The number of benzene rings is 1. The molecule has 7 heteroatoms. The fraction of sp³-hybridized carbons (Fsp3) is 0.684. The van der Waals surface area contributed by atoms with Gasteiger partial charge in [-0.2, -0.15) is 0 Å². The Bertz CT molecular complexity index is 629. The van der Waals surface area contributed by atoms with Crippen LogP contribution in [0.25, 0.3) is 0 Å². The highest BCUT2D eigenvalue weighted by Crippen LogP contribution is 2.22. The Balaban J connectivity index is 0.00000338. The van der Waals surface area contributed by atoms with Crippen LogP contribution in [0.3, 0.4) is 0 Å². The van der Waals surface area contributed by atoms with Gasteiger partial charge in [0.15, 0.2) is 0 Å². The van der Waals surface area contributed by atoms with E-state index < -0.39 is 10.0 Å². The van der Waals surface area contributed by atoms with Crippen molar-refractivity contribution in [3.63, 3.8) is 0 Å². The first-order valence-corrected chi connectivity index (χ1v) is 12.2. The number of likely N-dealkylation sites (N-methyl/N-ethyl adjacent to an activating group) is 1. The van der Waals surface area contributed by atoms with Crippen LogP contribution in [0.15, 0.2) is 29.2 Å². The van der Waals surface area contributed by atoms with Gasteiger partial charge in [-0.05, 0) is 62.6 Å². The van der Waals surface area contributed by atoms with E-state index in [-0.39, 0.29) is 12.4 Å². The highest BCUT2D eigenvalue weighted by molar-refractivity contribution is 7.98. The second-order valence-corrected chi connectivity index (χ2v) is 9.96. The minimum Gasteiger partial charge on any atom is -0.300 e. The summed E-state index contributed by atoms with van der Waals surface area (Å²) in [6.45, 7) is 7.97. The number of rotatable bonds is 8. The molecular formula is C19H33ClN2O2S2. The molecule has 0 aliphatic carbocycles. The standard InChI is InChI=1S/C19H32N2O2S2.ClH/c1-5-20(15-18-10-12-21(13-11-18)25(4,22)23)16(2)14-17-6-8-19(24-3)9-7-17;/h6-9,16,18H,5,10-15H2,1-4H3;1H. The maximum atomic E-state index is 11.6. The lowest BCUT2D eigenvalue weighted by Gasteiger charge is -2.36. The minimum absolute atomic E-state index is 0. The van der Waals surface area contributed by atoms with Crippen LogP contribution in [0.2, 0.25) is 0 Å². The van der Waals surface area contributed by atoms with Crippen LogP contribution in [0.1, 0.15) is 32.3 Å². The Morgan fingerprint density at radius 3 is 2.27 bits per heavy atom. The van der Waals surface area contributed by atoms with E-state index in [2.05, 4.69) is 49.3 Å². The zero-order valence-corrected chi connectivity index (χ0v) is 18.8. The normalized spacial score (nSPS) is 17.9. The maximum Gasteiger partial charge on any atom is 0.211 e. The van der Waals surface area contributed by atoms with Gasteiger partial charge in [0.05, 0.1) is 6.26 Å². The molecule has 150 valence electrons. The summed E-state index contributed by atoms with van der Waals surface area (Å²) in [5, 5.41) is 0. The van der Waals surface area contributed by atoms with E-state index in [0.717, 1.165) is 32.4 Å². The van der Waals surface area contributed by atoms with Crippen LogP contribution in [0.4, 0.5) is 0 Å². The fourth-order valence-corrected chi connectivity index (χ4v) is 4.89. The average molecular weight is 421 g/mol. The van der Waals surface area contributed by atoms with Gasteiger partial charge in [0, 0.05) is 30.6 Å². The summed E-state index contributed by atoms with van der Waals surface area (Å²) in [5.41, 5.74) is 1.38. The summed E-state index contributed by atoms with van der Waals surface area (Å²) >= 11 is 1.78. The Kier molecular flexibility index (Phi) is 9.97. The Hall–Kier alpha value is -0.270. The lowest BCUT2D eigenvalue weighted by molar-refractivity contribution is 0.152. The molecule has 1 aliphatic heterocycles. The number of nitrogens with zero attached hydrogens (tertiary/aromatic N) is 2. The van der Waals surface area contributed by atoms with E-state index in [1.807, 2.05) is 0 Å². The summed E-state index contributed by atoms with van der Waals surface area (Å²) in [5.74, 6) is 0.597. The molecule has 2 rings (SSSR count). The van der Waals surface area contributed by atoms with Gasteiger partial charge in [0.2, 0.25) is 10.0 Å². The van der Waals surface area contributed by atoms with Crippen molar-refractivity contribution >= 4 is 34.2 Å². The largest absolute Gasteiger partial charge is 0.300 e. The first-order valence-electron chi connectivity index (χ1n) is 9.15. The molecule has 1 aromatic rings. The molecule has 0 radical (unpaired) electrons. The van der Waals surface area contributed by atoms with Gasteiger partial charge in [-0.3, -0.25) is 0 Å². The van der Waals surface area contributed by atoms with E-state index in [1.54, 1.807) is 16.1 Å². The van der Waals surface area contributed by atoms with Crippen molar-refractivity contribution in [2.75, 3.05) is 38.7 Å². The van der Waals surface area contributed by atoms with Gasteiger partial charge >= 0.3 is 0 Å². The number of piperidine rings is 1. The number of halogens is 1. The number of hydrogen-bond donors (Lipinski definition) is 0. The Morgan fingerprint density at radius 2 is 1.81 bits per heavy atom. The van der Waals surface area contributed by atoms with Gasteiger partial charge in [0.1, 0.15) is 0 Å². The molecular weight excluding hydrogens is 388 g/mol. The minimum atomic E-state index is -3.03. The molecule has 1 aromatic carbocycles. The highest BCUT2D eigenvalue weighted by Gasteiger charge is 2.26. The summed E-state index contributed by atoms with van der Waals surface area (Å²) in [6.07, 6.45) is 6.42. The van der Waals surface area contributed by atoms with E-state index >= 15 is 0 Å². The zero-order chi connectivity index (χ0) is 18.4. The number of thioether (sulfide) groups is 1. The van der Waals surface area contributed by atoms with Gasteiger partial charge in [-0.25, -0.2) is 12.7 Å². The van der Waals surface area contributed by atoms with Crippen molar-refractivity contribution < 1.29 is 8.42 Å². The molecule has 1 heterocycles. The third-order valence-electron chi connectivity index (χ3n) is 5.25. The quantitative estimate of drug-likeness (QED) is 0.600. The van der Waals surface area contributed by atoms with Gasteiger partial charge < -0.3 is 4.90 Å². The van der Waals surface area contributed by atoms with Crippen LogP contribution in [-0.4, -0.2) is 62.4 Å². The van der Waals surface area contributed by atoms with Crippen LogP contribution in [0, 0.1) is 5.92 Å². The molecule has 1 saturated heterocycles. The molecule has 0 amide bonds. The van der Waals surface area contributed by atoms with Crippen molar-refractivity contribution in [1.29, 1.82) is 0 Å². The first-order chi connectivity index (χ1) is 11.8. The molecule has 1 atom stereocenters. The summed E-state index contributed by atoms with van der Waals surface area (Å²) in [7, 11) is -3.03. The molecule has 0 saturated carbocycles. The summed E-state index contributed by atoms with van der Waals surface area (Å²) in [4.78, 5) is 3.85. The topological polar surface area (TPSA) is 40.6 Å². The zero-order valence-electron chi connectivity index (χ0n) is 16.3. The molecule has 0 bridgehead atoms. The Labute approximate surface area is 170 Å². The Morgan fingerprint density at radius 1 is 1.23 bits per heavy atom. The van der Waals surface area contributed by atoms with Crippen LogP contribution < -0.4 is 0 Å². The third-order valence-corrected chi connectivity index (χ3v) is 7.30. The monoisotopic (exact) mass is 420 g/mol. The third kappa shape index (κ3) is 7.04. The summed E-state index contributed by atoms with van der Waals surface area (Å²) < 4.78 is 24.9. The predicted molar refractivity (Wildman–Crippen MR) is 115 cm³/mol. The van der Waals surface area contributed by atoms with Crippen molar-refractivity contribution in [2.45, 2.75) is 44.0 Å². The van der Waals surface area contributed by atoms with Crippen molar-refractivity contribution in [3.8, 4) is 0 Å². The van der Waals surface area contributed by atoms with E-state index in [1.165, 1.54) is 16.7 Å². The molecule has 1 aliphatic rings. The summed E-state index contributed by atoms with van der Waals surface area (Å²) in [6, 6.07) is 9.37. The highest BCUT2D eigenvalue weighted by atomic mass is 35.5. The molecule has 0 spiro atoms. The lowest BCUT2D eigenvalue weighted by Crippen LogP contribution is -2.43. The van der Waals surface area contributed by atoms with Crippen LogP contribution >= 0.6 is 24.2 Å². The number of hydrogen-bond acceptors (Lipinski definition) is 4. The van der Waals surface area contributed by atoms with Gasteiger partial charge in [0.25, 0.3) is 0 Å². The second kappa shape index (κ2) is 10.9. The predicted octanol–water partition coefficient (Wildman–Crippen LogP) is 3.75. The van der Waals surface area contributed by atoms with Crippen molar-refractivity contribution in [3.05, 3.63) is 29.8 Å². The van der Waals surface area contributed by atoms with Crippen molar-refractivity contribution in [1.82, 2.24) is 9.21 Å². The maximum absolute atomic E-state index is 11.6. The van der Waals surface area contributed by atoms with Crippen LogP contribution in [0.5, 0.6) is 0 Å². The molecule has 1 fully saturated rings. The second-order valence-electron chi connectivity index (χ2n) is 7.09. The lowest BCUT2D eigenvalue weighted by atomic mass is 9.96. The van der Waals surface area contributed by atoms with Gasteiger partial charge in [-0.15, -0.1) is 24.2 Å². The van der Waals surface area contributed by atoms with Crippen LogP contribution in [-0.2, 0) is 16.4 Å². The van der Waals surface area contributed by atoms with E-state index in [9.17, 15) is 8.42 Å². The fourth-order valence-electron chi connectivity index (χ4n) is 3.61. The smallest absolute Gasteiger partial charge is 0.211 e. The van der Waals surface area contributed by atoms with E-state index in [0.29, 0.717) is 25.0 Å². The SMILES string of the molecule is CCN(CC1CCN(S(C)(=O)=O)CC1)C(C)Cc1ccc(SC)cc1.Cl. The molecule has 4 nitrogen and oxygen atoms in total. The molecule has 0 aromatic heterocycles. The first kappa shape index (κ1) is 23.8. The average Bonchev–Trinajstić information content (AvgIpc) is 2.60. The molecule has 1 unspecified atom stereocenters. The van der Waals surface area contributed by atoms with Crippen molar-refractivity contribution in [2.24, 2.45) is 5.92 Å². The molecule has 0 N–H and O–H groups in total.